The van der Waals surface area contributed by atoms with Gasteiger partial charge in [0.15, 0.2) is 0 Å². The van der Waals surface area contributed by atoms with E-state index < -0.39 is 30.0 Å². The topological polar surface area (TPSA) is 123 Å². The molecule has 204 valence electrons. The molecule has 1 aromatic rings. The lowest BCUT2D eigenvalue weighted by Gasteiger charge is -2.27. The summed E-state index contributed by atoms with van der Waals surface area (Å²) in [5, 5.41) is 8.85. The maximum Gasteiger partial charge on any atom is 0.408 e. The molecule has 1 aromatic carbocycles. The van der Waals surface area contributed by atoms with Crippen LogP contribution in [0.4, 0.5) is 4.79 Å². The van der Waals surface area contributed by atoms with E-state index in [0.29, 0.717) is 43.3 Å². The van der Waals surface area contributed by atoms with Gasteiger partial charge < -0.3 is 30.2 Å². The van der Waals surface area contributed by atoms with Crippen molar-refractivity contribution in [1.82, 2.24) is 16.0 Å². The van der Waals surface area contributed by atoms with Gasteiger partial charge in [0.1, 0.15) is 18.9 Å². The molecule has 2 unspecified atom stereocenters. The van der Waals surface area contributed by atoms with E-state index in [1.165, 1.54) is 6.42 Å². The average molecular weight is 536 g/mol. The Bertz CT molecular complexity index is 923. The number of amides is 3. The highest BCUT2D eigenvalue weighted by Crippen LogP contribution is 2.28. The highest BCUT2D eigenvalue weighted by molar-refractivity contribution is 6.30. The average Bonchev–Trinajstić information content (AvgIpc) is 3.24. The SMILES string of the molecule is CCOCC1CC(C[C@@H](C=O)NC(=O)[C@H](CC2CCCCC2)NC(=O)OCc2cccc(Cl)c2)C(=O)N1. The van der Waals surface area contributed by atoms with Gasteiger partial charge >= 0.3 is 6.09 Å². The van der Waals surface area contributed by atoms with E-state index in [1.807, 2.05) is 6.92 Å². The number of rotatable bonds is 13. The Hall–Kier alpha value is -2.65. The van der Waals surface area contributed by atoms with E-state index in [2.05, 4.69) is 16.0 Å². The molecular formula is C27H38ClN3O6. The van der Waals surface area contributed by atoms with Gasteiger partial charge in [0.05, 0.1) is 18.7 Å². The minimum atomic E-state index is -0.847. The van der Waals surface area contributed by atoms with Crippen LogP contribution in [0.1, 0.15) is 63.9 Å². The summed E-state index contributed by atoms with van der Waals surface area (Å²) < 4.78 is 10.7. The molecule has 37 heavy (non-hydrogen) atoms. The quantitative estimate of drug-likeness (QED) is 0.332. The number of alkyl carbamates (subject to hydrolysis) is 1. The van der Waals surface area contributed by atoms with Crippen LogP contribution in [0.3, 0.4) is 0 Å². The number of carbonyl (C=O) groups excluding carboxylic acids is 4. The van der Waals surface area contributed by atoms with E-state index in [-0.39, 0.29) is 25.0 Å². The Morgan fingerprint density at radius 1 is 1.19 bits per heavy atom. The molecule has 2 aliphatic rings. The first kappa shape index (κ1) is 28.9. The lowest BCUT2D eigenvalue weighted by Crippen LogP contribution is -2.51. The Balaban J connectivity index is 1.58. The molecule has 1 saturated carbocycles. The minimum absolute atomic E-state index is 0.0147. The normalized spacial score (nSPS) is 21.5. The molecule has 4 atom stereocenters. The molecule has 1 aliphatic carbocycles. The molecular weight excluding hydrogens is 498 g/mol. The number of aldehydes is 1. The maximum absolute atomic E-state index is 13.2. The van der Waals surface area contributed by atoms with Crippen molar-refractivity contribution in [3.63, 3.8) is 0 Å². The lowest BCUT2D eigenvalue weighted by atomic mass is 9.84. The van der Waals surface area contributed by atoms with E-state index in [4.69, 9.17) is 21.1 Å². The van der Waals surface area contributed by atoms with Gasteiger partial charge in [-0.1, -0.05) is 55.8 Å². The monoisotopic (exact) mass is 535 g/mol. The molecule has 1 saturated heterocycles. The zero-order chi connectivity index (χ0) is 26.6. The Labute approximate surface area is 223 Å². The van der Waals surface area contributed by atoms with Gasteiger partial charge in [0, 0.05) is 17.5 Å². The second-order valence-corrected chi connectivity index (χ2v) is 10.4. The van der Waals surface area contributed by atoms with Crippen LogP contribution in [0, 0.1) is 11.8 Å². The largest absolute Gasteiger partial charge is 0.445 e. The van der Waals surface area contributed by atoms with Crippen molar-refractivity contribution in [2.75, 3.05) is 13.2 Å². The number of nitrogens with one attached hydrogen (secondary N) is 3. The van der Waals surface area contributed by atoms with E-state index in [9.17, 15) is 19.2 Å². The van der Waals surface area contributed by atoms with Crippen molar-refractivity contribution >= 4 is 35.8 Å². The molecule has 1 aliphatic heterocycles. The van der Waals surface area contributed by atoms with Crippen LogP contribution in [0.25, 0.3) is 0 Å². The highest BCUT2D eigenvalue weighted by atomic mass is 35.5. The number of ether oxygens (including phenoxy) is 2. The summed E-state index contributed by atoms with van der Waals surface area (Å²) in [6.07, 6.45) is 6.46. The molecule has 0 radical (unpaired) electrons. The van der Waals surface area contributed by atoms with E-state index >= 15 is 0 Å². The van der Waals surface area contributed by atoms with Crippen LogP contribution in [0.15, 0.2) is 24.3 Å². The second-order valence-electron chi connectivity index (χ2n) is 9.93. The smallest absolute Gasteiger partial charge is 0.408 e. The third-order valence-electron chi connectivity index (χ3n) is 7.00. The minimum Gasteiger partial charge on any atom is -0.445 e. The van der Waals surface area contributed by atoms with Crippen LogP contribution < -0.4 is 16.0 Å². The van der Waals surface area contributed by atoms with Crippen molar-refractivity contribution in [3.05, 3.63) is 34.9 Å². The standard InChI is InChI=1S/C27H38ClN3O6/c1-2-36-17-23-14-20(25(33)30-23)13-22(15-32)29-26(34)24(12-18-7-4-3-5-8-18)31-27(35)37-16-19-9-6-10-21(28)11-19/h6,9-11,15,18,20,22-24H,2-5,7-8,12-14,16-17H2,1H3,(H,29,34)(H,30,33)(H,31,35)/t20?,22-,23?,24-/m0/s1. The van der Waals surface area contributed by atoms with Crippen molar-refractivity contribution in [2.24, 2.45) is 11.8 Å². The summed E-state index contributed by atoms with van der Waals surface area (Å²) in [6.45, 7) is 2.88. The van der Waals surface area contributed by atoms with Gasteiger partial charge in [-0.15, -0.1) is 0 Å². The fourth-order valence-electron chi connectivity index (χ4n) is 5.09. The molecule has 3 amide bonds. The Morgan fingerprint density at radius 3 is 2.68 bits per heavy atom. The number of benzene rings is 1. The number of halogens is 1. The van der Waals surface area contributed by atoms with Gasteiger partial charge in [-0.3, -0.25) is 9.59 Å². The summed E-state index contributed by atoms with van der Waals surface area (Å²) in [5.41, 5.74) is 0.731. The molecule has 0 aromatic heterocycles. The molecule has 2 fully saturated rings. The molecule has 9 nitrogen and oxygen atoms in total. The maximum atomic E-state index is 13.2. The van der Waals surface area contributed by atoms with Crippen LogP contribution in [0.2, 0.25) is 5.02 Å². The molecule has 3 rings (SSSR count). The first-order valence-corrected chi connectivity index (χ1v) is 13.6. The van der Waals surface area contributed by atoms with Crippen molar-refractivity contribution in [2.45, 2.75) is 83.0 Å². The molecule has 0 bridgehead atoms. The summed E-state index contributed by atoms with van der Waals surface area (Å²) in [6, 6.07) is 5.20. The summed E-state index contributed by atoms with van der Waals surface area (Å²) in [5.74, 6) is -0.695. The van der Waals surface area contributed by atoms with Gasteiger partial charge in [-0.2, -0.15) is 0 Å². The first-order valence-electron chi connectivity index (χ1n) is 13.2. The van der Waals surface area contributed by atoms with Gasteiger partial charge in [-0.05, 0) is 49.8 Å². The van der Waals surface area contributed by atoms with E-state index in [1.54, 1.807) is 24.3 Å². The third kappa shape index (κ3) is 9.63. The summed E-state index contributed by atoms with van der Waals surface area (Å²) >= 11 is 5.99. The van der Waals surface area contributed by atoms with Crippen molar-refractivity contribution in [3.8, 4) is 0 Å². The highest BCUT2D eigenvalue weighted by Gasteiger charge is 2.35. The van der Waals surface area contributed by atoms with Gasteiger partial charge in [0.25, 0.3) is 0 Å². The number of hydrogen-bond donors (Lipinski definition) is 3. The van der Waals surface area contributed by atoms with Crippen molar-refractivity contribution in [1.29, 1.82) is 0 Å². The Kier molecular flexibility index (Phi) is 11.7. The third-order valence-corrected chi connectivity index (χ3v) is 7.24. The lowest BCUT2D eigenvalue weighted by molar-refractivity contribution is -0.127. The molecule has 0 spiro atoms. The number of hydrogen-bond acceptors (Lipinski definition) is 6. The van der Waals surface area contributed by atoms with Crippen LogP contribution >= 0.6 is 11.6 Å². The first-order chi connectivity index (χ1) is 17.9. The predicted molar refractivity (Wildman–Crippen MR) is 139 cm³/mol. The molecule has 1 heterocycles. The van der Waals surface area contributed by atoms with E-state index in [0.717, 1.165) is 31.2 Å². The van der Waals surface area contributed by atoms with Crippen LogP contribution in [-0.4, -0.2) is 55.5 Å². The molecule has 3 N–H and O–H groups in total. The molecule has 10 heteroatoms. The number of carbonyl (C=O) groups is 4. The Morgan fingerprint density at radius 2 is 1.97 bits per heavy atom. The predicted octanol–water partition coefficient (Wildman–Crippen LogP) is 3.52. The zero-order valence-corrected chi connectivity index (χ0v) is 22.1. The second kappa shape index (κ2) is 14.9. The zero-order valence-electron chi connectivity index (χ0n) is 21.4. The van der Waals surface area contributed by atoms with Gasteiger partial charge in [0.2, 0.25) is 11.8 Å². The van der Waals surface area contributed by atoms with Gasteiger partial charge in [-0.25, -0.2) is 4.79 Å². The fraction of sp³-hybridized carbons (Fsp3) is 0.630. The summed E-state index contributed by atoms with van der Waals surface area (Å²) in [4.78, 5) is 50.0. The fourth-order valence-corrected chi connectivity index (χ4v) is 5.30. The summed E-state index contributed by atoms with van der Waals surface area (Å²) in [7, 11) is 0. The van der Waals surface area contributed by atoms with Crippen LogP contribution in [0.5, 0.6) is 0 Å². The van der Waals surface area contributed by atoms with Crippen molar-refractivity contribution < 1.29 is 28.7 Å². The van der Waals surface area contributed by atoms with Crippen LogP contribution in [-0.2, 0) is 30.5 Å².